The van der Waals surface area contributed by atoms with E-state index in [1.54, 1.807) is 0 Å². The van der Waals surface area contributed by atoms with Crippen LogP contribution in [-0.4, -0.2) is 12.6 Å². The summed E-state index contributed by atoms with van der Waals surface area (Å²) in [4.78, 5) is 0. The molecule has 0 aromatic heterocycles. The van der Waals surface area contributed by atoms with Gasteiger partial charge in [0.25, 0.3) is 0 Å². The van der Waals surface area contributed by atoms with Crippen LogP contribution in [0.2, 0.25) is 5.02 Å². The molecule has 0 spiro atoms. The summed E-state index contributed by atoms with van der Waals surface area (Å²) in [5.41, 5.74) is 4.92. The number of halogens is 1. The van der Waals surface area contributed by atoms with E-state index in [2.05, 4.69) is 49.6 Å². The van der Waals surface area contributed by atoms with E-state index in [0.29, 0.717) is 6.04 Å². The van der Waals surface area contributed by atoms with Gasteiger partial charge in [0.05, 0.1) is 0 Å². The van der Waals surface area contributed by atoms with E-state index in [1.807, 2.05) is 24.3 Å². The van der Waals surface area contributed by atoms with Crippen LogP contribution in [0, 0.1) is 13.8 Å². The maximum absolute atomic E-state index is 5.88. The molecular formula is C17H21ClN2. The molecule has 2 N–H and O–H groups in total. The number of rotatable bonds is 5. The first kappa shape index (κ1) is 14.7. The van der Waals surface area contributed by atoms with Gasteiger partial charge in [-0.05, 0) is 62.2 Å². The van der Waals surface area contributed by atoms with Crippen LogP contribution in [0.3, 0.4) is 0 Å². The standard InChI is InChI=1S/C17H21ClN2/c1-12-5-4-6-17(14(12)3)19-11-13(2)20-16-9-7-15(18)8-10-16/h4-10,13,19-20H,11H2,1-3H3. The molecule has 0 saturated heterocycles. The molecule has 2 aromatic rings. The third kappa shape index (κ3) is 3.91. The fourth-order valence-corrected chi connectivity index (χ4v) is 2.21. The molecule has 106 valence electrons. The van der Waals surface area contributed by atoms with Crippen molar-refractivity contribution in [1.82, 2.24) is 0 Å². The quantitative estimate of drug-likeness (QED) is 0.820. The third-order valence-electron chi connectivity index (χ3n) is 3.46. The number of hydrogen-bond acceptors (Lipinski definition) is 2. The van der Waals surface area contributed by atoms with Crippen molar-refractivity contribution >= 4 is 23.0 Å². The lowest BCUT2D eigenvalue weighted by atomic mass is 10.1. The number of hydrogen-bond donors (Lipinski definition) is 2. The van der Waals surface area contributed by atoms with Gasteiger partial charge in [-0.3, -0.25) is 0 Å². The van der Waals surface area contributed by atoms with Crippen molar-refractivity contribution in [2.75, 3.05) is 17.2 Å². The van der Waals surface area contributed by atoms with E-state index in [4.69, 9.17) is 11.6 Å². The summed E-state index contributed by atoms with van der Waals surface area (Å²) < 4.78 is 0. The van der Waals surface area contributed by atoms with Crippen LogP contribution < -0.4 is 10.6 Å². The molecule has 0 bridgehead atoms. The van der Waals surface area contributed by atoms with Gasteiger partial charge in [0, 0.05) is 29.0 Å². The van der Waals surface area contributed by atoms with Crippen LogP contribution >= 0.6 is 11.6 Å². The molecule has 0 aliphatic heterocycles. The monoisotopic (exact) mass is 288 g/mol. The molecule has 0 aliphatic rings. The maximum Gasteiger partial charge on any atom is 0.0407 e. The van der Waals surface area contributed by atoms with Crippen molar-refractivity contribution in [3.8, 4) is 0 Å². The Morgan fingerprint density at radius 2 is 1.75 bits per heavy atom. The Balaban J connectivity index is 1.90. The zero-order chi connectivity index (χ0) is 14.5. The summed E-state index contributed by atoms with van der Waals surface area (Å²) in [5.74, 6) is 0. The number of anilines is 2. The molecule has 2 aromatic carbocycles. The van der Waals surface area contributed by atoms with Crippen molar-refractivity contribution in [2.24, 2.45) is 0 Å². The van der Waals surface area contributed by atoms with Crippen LogP contribution in [0.4, 0.5) is 11.4 Å². The Labute approximate surface area is 126 Å². The summed E-state index contributed by atoms with van der Waals surface area (Å²) in [6.45, 7) is 7.31. The van der Waals surface area contributed by atoms with E-state index < -0.39 is 0 Å². The first-order chi connectivity index (χ1) is 9.56. The SMILES string of the molecule is Cc1cccc(NCC(C)Nc2ccc(Cl)cc2)c1C. The van der Waals surface area contributed by atoms with Crippen molar-refractivity contribution in [2.45, 2.75) is 26.8 Å². The van der Waals surface area contributed by atoms with Crippen LogP contribution in [0.1, 0.15) is 18.1 Å². The number of benzene rings is 2. The molecule has 1 atom stereocenters. The fourth-order valence-electron chi connectivity index (χ4n) is 2.09. The van der Waals surface area contributed by atoms with Crippen LogP contribution in [0.5, 0.6) is 0 Å². The van der Waals surface area contributed by atoms with E-state index in [1.165, 1.54) is 16.8 Å². The normalized spacial score (nSPS) is 12.0. The second-order valence-electron chi connectivity index (χ2n) is 5.18. The molecule has 2 rings (SSSR count). The van der Waals surface area contributed by atoms with Gasteiger partial charge in [0.15, 0.2) is 0 Å². The lowest BCUT2D eigenvalue weighted by Crippen LogP contribution is -2.25. The Hall–Kier alpha value is -1.67. The highest BCUT2D eigenvalue weighted by Crippen LogP contribution is 2.18. The average Bonchev–Trinajstić information content (AvgIpc) is 2.43. The summed E-state index contributed by atoms with van der Waals surface area (Å²) in [6, 6.07) is 14.5. The molecule has 0 fully saturated rings. The first-order valence-electron chi connectivity index (χ1n) is 6.88. The fraction of sp³-hybridized carbons (Fsp3) is 0.294. The van der Waals surface area contributed by atoms with Crippen molar-refractivity contribution in [1.29, 1.82) is 0 Å². The maximum atomic E-state index is 5.88. The summed E-state index contributed by atoms with van der Waals surface area (Å²) >= 11 is 5.88. The third-order valence-corrected chi connectivity index (χ3v) is 3.71. The predicted octanol–water partition coefficient (Wildman–Crippen LogP) is 4.87. The molecule has 3 heteroatoms. The second-order valence-corrected chi connectivity index (χ2v) is 5.62. The Bertz CT molecular complexity index is 564. The highest BCUT2D eigenvalue weighted by molar-refractivity contribution is 6.30. The highest BCUT2D eigenvalue weighted by Gasteiger charge is 2.04. The van der Waals surface area contributed by atoms with Crippen molar-refractivity contribution in [3.05, 3.63) is 58.6 Å². The highest BCUT2D eigenvalue weighted by atomic mass is 35.5. The van der Waals surface area contributed by atoms with Crippen molar-refractivity contribution in [3.63, 3.8) is 0 Å². The van der Waals surface area contributed by atoms with E-state index in [0.717, 1.165) is 17.3 Å². The first-order valence-corrected chi connectivity index (χ1v) is 7.26. The summed E-state index contributed by atoms with van der Waals surface area (Å²) in [7, 11) is 0. The van der Waals surface area contributed by atoms with Gasteiger partial charge < -0.3 is 10.6 Å². The van der Waals surface area contributed by atoms with Gasteiger partial charge in [-0.2, -0.15) is 0 Å². The van der Waals surface area contributed by atoms with E-state index in [-0.39, 0.29) is 0 Å². The molecule has 0 aliphatic carbocycles. The Morgan fingerprint density at radius 3 is 2.45 bits per heavy atom. The smallest absolute Gasteiger partial charge is 0.0407 e. The van der Waals surface area contributed by atoms with Crippen molar-refractivity contribution < 1.29 is 0 Å². The Morgan fingerprint density at radius 1 is 1.05 bits per heavy atom. The summed E-state index contributed by atoms with van der Waals surface area (Å²) in [6.07, 6.45) is 0. The largest absolute Gasteiger partial charge is 0.383 e. The molecular weight excluding hydrogens is 268 g/mol. The molecule has 0 amide bonds. The minimum Gasteiger partial charge on any atom is -0.383 e. The molecule has 2 nitrogen and oxygen atoms in total. The zero-order valence-corrected chi connectivity index (χ0v) is 13.0. The minimum atomic E-state index is 0.330. The Kier molecular flexibility index (Phi) is 4.91. The molecule has 0 radical (unpaired) electrons. The van der Waals surface area contributed by atoms with Gasteiger partial charge in [0.1, 0.15) is 0 Å². The van der Waals surface area contributed by atoms with Crippen LogP contribution in [-0.2, 0) is 0 Å². The molecule has 20 heavy (non-hydrogen) atoms. The minimum absolute atomic E-state index is 0.330. The average molecular weight is 289 g/mol. The van der Waals surface area contributed by atoms with Gasteiger partial charge in [0.2, 0.25) is 0 Å². The van der Waals surface area contributed by atoms with Crippen LogP contribution in [0.25, 0.3) is 0 Å². The lowest BCUT2D eigenvalue weighted by molar-refractivity contribution is 0.835. The molecule has 0 heterocycles. The van der Waals surface area contributed by atoms with Gasteiger partial charge in [-0.15, -0.1) is 0 Å². The van der Waals surface area contributed by atoms with Gasteiger partial charge >= 0.3 is 0 Å². The molecule has 0 saturated carbocycles. The molecule has 1 unspecified atom stereocenters. The number of aryl methyl sites for hydroxylation is 1. The predicted molar refractivity (Wildman–Crippen MR) is 88.9 cm³/mol. The number of nitrogens with one attached hydrogen (secondary N) is 2. The van der Waals surface area contributed by atoms with Crippen LogP contribution in [0.15, 0.2) is 42.5 Å². The zero-order valence-electron chi connectivity index (χ0n) is 12.2. The van der Waals surface area contributed by atoms with E-state index >= 15 is 0 Å². The van der Waals surface area contributed by atoms with E-state index in [9.17, 15) is 0 Å². The van der Waals surface area contributed by atoms with Gasteiger partial charge in [-0.1, -0.05) is 23.7 Å². The van der Waals surface area contributed by atoms with Gasteiger partial charge in [-0.25, -0.2) is 0 Å². The lowest BCUT2D eigenvalue weighted by Gasteiger charge is -2.18. The summed E-state index contributed by atoms with van der Waals surface area (Å²) in [5, 5.41) is 7.71. The second kappa shape index (κ2) is 6.67. The topological polar surface area (TPSA) is 24.1 Å².